The molecule has 0 aliphatic carbocycles. The summed E-state index contributed by atoms with van der Waals surface area (Å²) in [5.74, 6) is -1.12. The van der Waals surface area contributed by atoms with Crippen molar-refractivity contribution in [1.82, 2.24) is 5.32 Å². The van der Waals surface area contributed by atoms with Crippen LogP contribution in [0.4, 0.5) is 4.39 Å². The van der Waals surface area contributed by atoms with Crippen LogP contribution in [0.25, 0.3) is 0 Å². The van der Waals surface area contributed by atoms with Gasteiger partial charge < -0.3 is 15.2 Å². The van der Waals surface area contributed by atoms with Gasteiger partial charge in [-0.15, -0.1) is 11.8 Å². The molecule has 0 saturated carbocycles. The van der Waals surface area contributed by atoms with Crippen molar-refractivity contribution in [2.75, 3.05) is 19.9 Å². The molecular weight excluding hydrogens is 269 g/mol. The Morgan fingerprint density at radius 1 is 1.58 bits per heavy atom. The number of nitrogens with one attached hydrogen (secondary N) is 1. The van der Waals surface area contributed by atoms with E-state index in [4.69, 9.17) is 9.84 Å². The minimum Gasteiger partial charge on any atom is -0.495 e. The highest BCUT2D eigenvalue weighted by Gasteiger charge is 2.32. The molecule has 4 nitrogen and oxygen atoms in total. The molecule has 0 amide bonds. The zero-order chi connectivity index (χ0) is 14.0. The van der Waals surface area contributed by atoms with Crippen LogP contribution >= 0.6 is 11.8 Å². The molecule has 0 bridgehead atoms. The zero-order valence-corrected chi connectivity index (χ0v) is 11.6. The van der Waals surface area contributed by atoms with Crippen molar-refractivity contribution >= 4 is 17.7 Å². The third kappa shape index (κ3) is 2.69. The highest BCUT2D eigenvalue weighted by Crippen LogP contribution is 2.37. The molecular formula is C13H16FNO3S. The number of halogens is 1. The lowest BCUT2D eigenvalue weighted by Gasteiger charge is -2.15. The van der Waals surface area contributed by atoms with Crippen LogP contribution in [0.1, 0.15) is 18.0 Å². The number of aliphatic carboxylic acids is 1. The molecule has 6 heteroatoms. The second kappa shape index (κ2) is 5.79. The van der Waals surface area contributed by atoms with Gasteiger partial charge in [-0.2, -0.15) is 0 Å². The van der Waals surface area contributed by atoms with Crippen LogP contribution in [-0.2, 0) is 4.79 Å². The van der Waals surface area contributed by atoms with Crippen molar-refractivity contribution in [3.63, 3.8) is 0 Å². The van der Waals surface area contributed by atoms with Crippen LogP contribution < -0.4 is 10.1 Å². The van der Waals surface area contributed by atoms with Crippen LogP contribution in [0.2, 0.25) is 0 Å². The van der Waals surface area contributed by atoms with E-state index in [0.29, 0.717) is 29.2 Å². The summed E-state index contributed by atoms with van der Waals surface area (Å²) in [6.45, 7) is 0.375. The van der Waals surface area contributed by atoms with Crippen molar-refractivity contribution in [3.8, 4) is 5.75 Å². The summed E-state index contributed by atoms with van der Waals surface area (Å²) in [5.41, 5.74) is 0.508. The lowest BCUT2D eigenvalue weighted by atomic mass is 9.99. The molecule has 2 atom stereocenters. The lowest BCUT2D eigenvalue weighted by molar-refractivity contribution is -0.141. The van der Waals surface area contributed by atoms with Crippen molar-refractivity contribution in [1.29, 1.82) is 0 Å². The first-order chi connectivity index (χ1) is 9.08. The molecule has 2 rings (SSSR count). The summed E-state index contributed by atoms with van der Waals surface area (Å²) in [6, 6.07) is 3.13. The molecule has 0 radical (unpaired) electrons. The van der Waals surface area contributed by atoms with E-state index in [1.54, 1.807) is 18.4 Å². The Balaban J connectivity index is 2.29. The van der Waals surface area contributed by atoms with Crippen LogP contribution in [-0.4, -0.2) is 31.0 Å². The lowest BCUT2D eigenvalue weighted by Crippen LogP contribution is -2.17. The van der Waals surface area contributed by atoms with Crippen molar-refractivity contribution in [2.45, 2.75) is 17.4 Å². The van der Waals surface area contributed by atoms with Crippen LogP contribution in [0, 0.1) is 11.7 Å². The fraction of sp³-hybridized carbons (Fsp3) is 0.462. The summed E-state index contributed by atoms with van der Waals surface area (Å²) < 4.78 is 19.5. The predicted molar refractivity (Wildman–Crippen MR) is 71.2 cm³/mol. The number of carboxylic acids is 1. The SMILES string of the molecule is COc1ccc(C2CC(C(=O)O)CN2)c(F)c1SC. The molecule has 2 unspecified atom stereocenters. The summed E-state index contributed by atoms with van der Waals surface area (Å²) in [5, 5.41) is 12.0. The van der Waals surface area contributed by atoms with Gasteiger partial charge in [0.05, 0.1) is 17.9 Å². The Morgan fingerprint density at radius 3 is 2.84 bits per heavy atom. The Kier molecular flexibility index (Phi) is 4.31. The molecule has 0 aromatic heterocycles. The number of ether oxygens (including phenoxy) is 1. The predicted octanol–water partition coefficient (Wildman–Crippen LogP) is 2.29. The standard InChI is InChI=1S/C13H16FNO3S/c1-18-10-4-3-8(11(14)12(10)19-2)9-5-7(6-15-9)13(16)17/h3-4,7,9,15H,5-6H2,1-2H3,(H,16,17). The maximum atomic E-state index is 14.4. The van der Waals surface area contributed by atoms with E-state index in [9.17, 15) is 9.18 Å². The third-order valence-corrected chi connectivity index (χ3v) is 4.16. The van der Waals surface area contributed by atoms with Crippen LogP contribution in [0.15, 0.2) is 17.0 Å². The molecule has 1 aromatic carbocycles. The topological polar surface area (TPSA) is 58.6 Å². The number of thioether (sulfide) groups is 1. The van der Waals surface area contributed by atoms with E-state index in [-0.39, 0.29) is 11.9 Å². The summed E-state index contributed by atoms with van der Waals surface area (Å²) in [7, 11) is 1.50. The minimum atomic E-state index is -0.839. The van der Waals surface area contributed by atoms with Crippen LogP contribution in [0.3, 0.4) is 0 Å². The van der Waals surface area contributed by atoms with Gasteiger partial charge >= 0.3 is 5.97 Å². The zero-order valence-electron chi connectivity index (χ0n) is 10.8. The molecule has 1 fully saturated rings. The fourth-order valence-electron chi connectivity index (χ4n) is 2.33. The van der Waals surface area contributed by atoms with Gasteiger partial charge in [0.25, 0.3) is 0 Å². The van der Waals surface area contributed by atoms with E-state index in [1.807, 2.05) is 0 Å². The number of rotatable bonds is 4. The number of carbonyl (C=O) groups is 1. The third-order valence-electron chi connectivity index (χ3n) is 3.37. The van der Waals surface area contributed by atoms with Gasteiger partial charge in [-0.3, -0.25) is 4.79 Å². The maximum absolute atomic E-state index is 14.4. The molecule has 1 aliphatic heterocycles. The number of methoxy groups -OCH3 is 1. The fourth-order valence-corrected chi connectivity index (χ4v) is 2.98. The molecule has 1 saturated heterocycles. The van der Waals surface area contributed by atoms with E-state index in [0.717, 1.165) is 0 Å². The molecule has 19 heavy (non-hydrogen) atoms. The van der Waals surface area contributed by atoms with E-state index >= 15 is 0 Å². The van der Waals surface area contributed by atoms with Gasteiger partial charge in [0.2, 0.25) is 0 Å². The number of benzene rings is 1. The maximum Gasteiger partial charge on any atom is 0.307 e. The second-order valence-corrected chi connectivity index (χ2v) is 5.25. The van der Waals surface area contributed by atoms with E-state index < -0.39 is 11.9 Å². The smallest absolute Gasteiger partial charge is 0.307 e. The summed E-state index contributed by atoms with van der Waals surface area (Å²) in [6.07, 6.45) is 2.19. The molecule has 1 aliphatic rings. The second-order valence-electron chi connectivity index (χ2n) is 4.44. The summed E-state index contributed by atoms with van der Waals surface area (Å²) >= 11 is 1.28. The van der Waals surface area contributed by atoms with Crippen molar-refractivity contribution < 1.29 is 19.0 Å². The average molecular weight is 285 g/mol. The van der Waals surface area contributed by atoms with E-state index in [1.165, 1.54) is 18.9 Å². The Morgan fingerprint density at radius 2 is 2.32 bits per heavy atom. The Labute approximate surface area is 115 Å². The number of carboxylic acid groups (broad SMARTS) is 1. The molecule has 104 valence electrons. The van der Waals surface area contributed by atoms with Gasteiger partial charge in [-0.25, -0.2) is 4.39 Å². The minimum absolute atomic E-state index is 0.252. The van der Waals surface area contributed by atoms with Gasteiger partial charge in [-0.1, -0.05) is 6.07 Å². The van der Waals surface area contributed by atoms with Crippen molar-refractivity contribution in [3.05, 3.63) is 23.5 Å². The average Bonchev–Trinajstić information content (AvgIpc) is 2.87. The van der Waals surface area contributed by atoms with Crippen LogP contribution in [0.5, 0.6) is 5.75 Å². The monoisotopic (exact) mass is 285 g/mol. The van der Waals surface area contributed by atoms with Crippen molar-refractivity contribution in [2.24, 2.45) is 5.92 Å². The first-order valence-electron chi connectivity index (χ1n) is 5.95. The largest absolute Gasteiger partial charge is 0.495 e. The summed E-state index contributed by atoms with van der Waals surface area (Å²) in [4.78, 5) is 11.4. The number of hydrogen-bond donors (Lipinski definition) is 2. The number of hydrogen-bond acceptors (Lipinski definition) is 4. The quantitative estimate of drug-likeness (QED) is 0.831. The molecule has 1 heterocycles. The van der Waals surface area contributed by atoms with Gasteiger partial charge in [-0.05, 0) is 18.7 Å². The Bertz CT molecular complexity index is 495. The van der Waals surface area contributed by atoms with Gasteiger partial charge in [0, 0.05) is 18.2 Å². The Hall–Kier alpha value is -1.27. The highest BCUT2D eigenvalue weighted by atomic mass is 32.2. The molecule has 0 spiro atoms. The first kappa shape index (κ1) is 14.1. The first-order valence-corrected chi connectivity index (χ1v) is 7.17. The molecule has 1 aromatic rings. The van der Waals surface area contributed by atoms with Gasteiger partial charge in [0.15, 0.2) is 0 Å². The van der Waals surface area contributed by atoms with E-state index in [2.05, 4.69) is 5.32 Å². The normalized spacial score (nSPS) is 22.5. The molecule has 2 N–H and O–H groups in total. The highest BCUT2D eigenvalue weighted by molar-refractivity contribution is 7.98. The van der Waals surface area contributed by atoms with Gasteiger partial charge in [0.1, 0.15) is 11.6 Å².